The molecule has 0 amide bonds. The average Bonchev–Trinajstić information content (AvgIpc) is 2.88. The molecule has 0 aromatic heterocycles. The van der Waals surface area contributed by atoms with Crippen molar-refractivity contribution in [1.29, 1.82) is 0 Å². The summed E-state index contributed by atoms with van der Waals surface area (Å²) in [6, 6.07) is 0. The van der Waals surface area contributed by atoms with Gasteiger partial charge in [-0.1, -0.05) is 6.08 Å². The molecule has 0 aromatic carbocycles. The predicted molar refractivity (Wildman–Crippen MR) is 51.5 cm³/mol. The van der Waals surface area contributed by atoms with Gasteiger partial charge in [-0.05, 0) is 6.08 Å². The van der Waals surface area contributed by atoms with E-state index in [2.05, 4.69) is 4.74 Å². The summed E-state index contributed by atoms with van der Waals surface area (Å²) < 4.78 is 15.1. The van der Waals surface area contributed by atoms with Crippen LogP contribution in [0.15, 0.2) is 12.2 Å². The van der Waals surface area contributed by atoms with Crippen molar-refractivity contribution in [2.24, 2.45) is 11.8 Å². The highest BCUT2D eigenvalue weighted by molar-refractivity contribution is 5.99. The summed E-state index contributed by atoms with van der Waals surface area (Å²) >= 11 is 0. The number of ether oxygens (including phenoxy) is 3. The van der Waals surface area contributed by atoms with Crippen LogP contribution in [0, 0.1) is 11.8 Å². The third kappa shape index (κ3) is 1.27. The van der Waals surface area contributed by atoms with Crippen LogP contribution in [0.2, 0.25) is 0 Å². The molecule has 2 saturated heterocycles. The number of carbonyl (C=O) groups is 3. The summed E-state index contributed by atoms with van der Waals surface area (Å²) in [5.74, 6) is -2.90. The monoisotopic (exact) mass is 238 g/mol. The van der Waals surface area contributed by atoms with Gasteiger partial charge in [-0.25, -0.2) is 0 Å². The fraction of sp³-hybridized carbons (Fsp3) is 0.545. The number of hydrogen-bond acceptors (Lipinski definition) is 6. The highest BCUT2D eigenvalue weighted by Crippen LogP contribution is 2.51. The Labute approximate surface area is 96.5 Å². The van der Waals surface area contributed by atoms with Crippen molar-refractivity contribution in [3.8, 4) is 0 Å². The van der Waals surface area contributed by atoms with Crippen LogP contribution in [0.4, 0.5) is 0 Å². The van der Waals surface area contributed by atoms with Gasteiger partial charge in [0.15, 0.2) is 0 Å². The van der Waals surface area contributed by atoms with Crippen molar-refractivity contribution < 1.29 is 28.6 Å². The van der Waals surface area contributed by atoms with Crippen LogP contribution >= 0.6 is 0 Å². The van der Waals surface area contributed by atoms with Crippen LogP contribution in [0.1, 0.15) is 6.92 Å². The normalized spacial score (nSPS) is 41.6. The molecule has 2 bridgehead atoms. The zero-order chi connectivity index (χ0) is 12.2. The zero-order valence-corrected chi connectivity index (χ0v) is 9.04. The van der Waals surface area contributed by atoms with Gasteiger partial charge in [-0.2, -0.15) is 0 Å². The Morgan fingerprint density at radius 2 is 2.24 bits per heavy atom. The predicted octanol–water partition coefficient (Wildman–Crippen LogP) is -0.427. The van der Waals surface area contributed by atoms with Crippen LogP contribution in [0.3, 0.4) is 0 Å². The maximum absolute atomic E-state index is 11.6. The van der Waals surface area contributed by atoms with Gasteiger partial charge in [-0.15, -0.1) is 0 Å². The van der Waals surface area contributed by atoms with Gasteiger partial charge in [-0.3, -0.25) is 14.4 Å². The van der Waals surface area contributed by atoms with Gasteiger partial charge in [0.05, 0.1) is 6.10 Å². The molecule has 3 aliphatic rings. The molecule has 3 heterocycles. The lowest BCUT2D eigenvalue weighted by atomic mass is 9.77. The molecule has 0 N–H and O–H groups in total. The molecule has 3 aliphatic heterocycles. The zero-order valence-electron chi connectivity index (χ0n) is 9.04. The van der Waals surface area contributed by atoms with Crippen LogP contribution in [0.25, 0.3) is 0 Å². The summed E-state index contributed by atoms with van der Waals surface area (Å²) in [5.41, 5.74) is -1.02. The maximum atomic E-state index is 11.6. The minimum absolute atomic E-state index is 0.0706. The first-order chi connectivity index (χ1) is 8.03. The topological polar surface area (TPSA) is 78.9 Å². The standard InChI is InChI=1S/C11H10O6/c1-5(12)15-4-11-3-2-6(17-11)7-8(11)10(14)16-9(7)13/h2-3,6-8H,4H2,1H3/t6-,7-,8+,11-/m1/s1. The molecule has 6 nitrogen and oxygen atoms in total. The Kier molecular flexibility index (Phi) is 1.95. The van der Waals surface area contributed by atoms with Crippen molar-refractivity contribution in [2.45, 2.75) is 18.6 Å². The van der Waals surface area contributed by atoms with E-state index < -0.39 is 41.4 Å². The van der Waals surface area contributed by atoms with Crippen molar-refractivity contribution in [2.75, 3.05) is 6.61 Å². The van der Waals surface area contributed by atoms with Gasteiger partial charge in [0.25, 0.3) is 0 Å². The number of hydrogen-bond donors (Lipinski definition) is 0. The van der Waals surface area contributed by atoms with E-state index in [4.69, 9.17) is 9.47 Å². The molecule has 0 unspecified atom stereocenters. The fourth-order valence-corrected chi connectivity index (χ4v) is 2.69. The van der Waals surface area contributed by atoms with Gasteiger partial charge >= 0.3 is 17.9 Å². The lowest BCUT2D eigenvalue weighted by Gasteiger charge is -2.26. The molecule has 0 aliphatic carbocycles. The Morgan fingerprint density at radius 1 is 1.47 bits per heavy atom. The lowest BCUT2D eigenvalue weighted by Crippen LogP contribution is -2.42. The van der Waals surface area contributed by atoms with Gasteiger partial charge in [0.1, 0.15) is 24.0 Å². The summed E-state index contributed by atoms with van der Waals surface area (Å²) in [6.07, 6.45) is 2.95. The first-order valence-electron chi connectivity index (χ1n) is 5.29. The minimum atomic E-state index is -1.02. The first kappa shape index (κ1) is 10.5. The van der Waals surface area contributed by atoms with Gasteiger partial charge < -0.3 is 14.2 Å². The molecule has 90 valence electrons. The van der Waals surface area contributed by atoms with Crippen molar-refractivity contribution in [3.63, 3.8) is 0 Å². The van der Waals surface area contributed by atoms with Gasteiger partial charge in [0.2, 0.25) is 0 Å². The van der Waals surface area contributed by atoms with Crippen LogP contribution in [-0.4, -0.2) is 36.2 Å². The van der Waals surface area contributed by atoms with Crippen molar-refractivity contribution in [1.82, 2.24) is 0 Å². The fourth-order valence-electron chi connectivity index (χ4n) is 2.69. The summed E-state index contributed by atoms with van der Waals surface area (Å²) in [4.78, 5) is 33.9. The third-order valence-corrected chi connectivity index (χ3v) is 3.39. The molecule has 0 spiro atoms. The number of cyclic esters (lactones) is 2. The smallest absolute Gasteiger partial charge is 0.321 e. The van der Waals surface area contributed by atoms with Gasteiger partial charge in [0, 0.05) is 6.92 Å². The largest absolute Gasteiger partial charge is 0.462 e. The van der Waals surface area contributed by atoms with E-state index in [9.17, 15) is 14.4 Å². The Balaban J connectivity index is 1.91. The van der Waals surface area contributed by atoms with E-state index in [0.717, 1.165) is 0 Å². The number of rotatable bonds is 2. The van der Waals surface area contributed by atoms with E-state index in [1.165, 1.54) is 6.92 Å². The molecule has 0 radical (unpaired) electrons. The molecule has 3 rings (SSSR count). The summed E-state index contributed by atoms with van der Waals surface area (Å²) in [6.45, 7) is 1.20. The second-order valence-corrected chi connectivity index (χ2v) is 4.42. The molecule has 0 saturated carbocycles. The van der Waals surface area contributed by atoms with Crippen LogP contribution in [0.5, 0.6) is 0 Å². The van der Waals surface area contributed by atoms with E-state index in [0.29, 0.717) is 0 Å². The molecule has 0 aromatic rings. The van der Waals surface area contributed by atoms with E-state index in [1.54, 1.807) is 12.2 Å². The van der Waals surface area contributed by atoms with Crippen molar-refractivity contribution in [3.05, 3.63) is 12.2 Å². The Bertz CT molecular complexity index is 453. The molecular formula is C11H10O6. The molecule has 4 atom stereocenters. The second kappa shape index (κ2) is 3.16. The Hall–Kier alpha value is -1.69. The van der Waals surface area contributed by atoms with Crippen LogP contribution in [-0.2, 0) is 28.6 Å². The van der Waals surface area contributed by atoms with E-state index in [-0.39, 0.29) is 6.61 Å². The average molecular weight is 238 g/mol. The lowest BCUT2D eigenvalue weighted by molar-refractivity contribution is -0.163. The number of fused-ring (bicyclic) bond motifs is 5. The quantitative estimate of drug-likeness (QED) is 0.369. The summed E-state index contributed by atoms with van der Waals surface area (Å²) in [5, 5.41) is 0. The highest BCUT2D eigenvalue weighted by atomic mass is 16.6. The maximum Gasteiger partial charge on any atom is 0.321 e. The second-order valence-electron chi connectivity index (χ2n) is 4.42. The number of esters is 3. The molecule has 6 heteroatoms. The molecular weight excluding hydrogens is 228 g/mol. The van der Waals surface area contributed by atoms with Crippen molar-refractivity contribution >= 4 is 17.9 Å². The first-order valence-corrected chi connectivity index (χ1v) is 5.29. The minimum Gasteiger partial charge on any atom is -0.462 e. The van der Waals surface area contributed by atoms with E-state index in [1.807, 2.05) is 0 Å². The SMILES string of the molecule is CC(=O)OC[C@@]12C=C[C@@H](O1)[C@H]1C(=O)OC(=O)[C@H]12. The molecule has 17 heavy (non-hydrogen) atoms. The van der Waals surface area contributed by atoms with Crippen LogP contribution < -0.4 is 0 Å². The number of carbonyl (C=O) groups excluding carboxylic acids is 3. The van der Waals surface area contributed by atoms with E-state index >= 15 is 0 Å². The summed E-state index contributed by atoms with van der Waals surface area (Å²) in [7, 11) is 0. The highest BCUT2D eigenvalue weighted by Gasteiger charge is 2.67. The molecule has 2 fully saturated rings. The third-order valence-electron chi connectivity index (χ3n) is 3.39. The Morgan fingerprint density at radius 3 is 2.94 bits per heavy atom.